The second kappa shape index (κ2) is 7.91. The van der Waals surface area contributed by atoms with Gasteiger partial charge in [0.15, 0.2) is 0 Å². The Morgan fingerprint density at radius 3 is 2.67 bits per heavy atom. The van der Waals surface area contributed by atoms with Gasteiger partial charge in [-0.25, -0.2) is 13.4 Å². The summed E-state index contributed by atoms with van der Waals surface area (Å²) in [4.78, 5) is 14.9. The molecule has 118 valence electrons. The number of rotatable bonds is 8. The predicted octanol–water partition coefficient (Wildman–Crippen LogP) is -0.136. The van der Waals surface area contributed by atoms with Crippen LogP contribution in [0.3, 0.4) is 0 Å². The van der Waals surface area contributed by atoms with E-state index in [1.54, 1.807) is 0 Å². The minimum Gasteiger partial charge on any atom is -0.469 e. The lowest BCUT2D eigenvalue weighted by Gasteiger charge is -2.21. The van der Waals surface area contributed by atoms with Crippen LogP contribution in [0.25, 0.3) is 0 Å². The van der Waals surface area contributed by atoms with Crippen molar-refractivity contribution in [2.45, 2.75) is 11.3 Å². The van der Waals surface area contributed by atoms with Gasteiger partial charge in [-0.2, -0.15) is 4.31 Å². The Morgan fingerprint density at radius 2 is 2.10 bits per heavy atom. The number of nitrogens with two attached hydrogens (primary N) is 1. The van der Waals surface area contributed by atoms with Crippen molar-refractivity contribution in [1.29, 1.82) is 0 Å². The Bertz CT molecular complexity index is 576. The van der Waals surface area contributed by atoms with E-state index >= 15 is 0 Å². The number of anilines is 1. The van der Waals surface area contributed by atoms with Crippen LogP contribution in [0.4, 0.5) is 5.82 Å². The molecule has 0 aliphatic carbocycles. The van der Waals surface area contributed by atoms with Crippen molar-refractivity contribution in [3.05, 3.63) is 18.3 Å². The molecule has 21 heavy (non-hydrogen) atoms. The SMILES string of the molecule is COCCN(CCC(=O)OC)S(=O)(=O)c1cccnc1N. The summed E-state index contributed by atoms with van der Waals surface area (Å²) in [5, 5.41) is 0. The number of ether oxygens (including phenoxy) is 2. The Labute approximate surface area is 123 Å². The van der Waals surface area contributed by atoms with Gasteiger partial charge in [-0.05, 0) is 12.1 Å². The number of sulfonamides is 1. The first-order chi connectivity index (χ1) is 9.93. The summed E-state index contributed by atoms with van der Waals surface area (Å²) in [6, 6.07) is 2.85. The van der Waals surface area contributed by atoms with Gasteiger partial charge in [0.2, 0.25) is 10.0 Å². The van der Waals surface area contributed by atoms with E-state index in [2.05, 4.69) is 9.72 Å². The van der Waals surface area contributed by atoms with Crippen LogP contribution in [-0.4, -0.2) is 57.6 Å². The lowest BCUT2D eigenvalue weighted by molar-refractivity contribution is -0.140. The standard InChI is InChI=1S/C12H19N3O5S/c1-19-9-8-15(7-5-11(16)20-2)21(17,18)10-4-3-6-14-12(10)13/h3-4,6H,5,7-9H2,1-2H3,(H2,13,14). The summed E-state index contributed by atoms with van der Waals surface area (Å²) in [5.41, 5.74) is 5.62. The second-order valence-corrected chi connectivity index (χ2v) is 6.02. The third kappa shape index (κ3) is 4.66. The fourth-order valence-corrected chi connectivity index (χ4v) is 3.12. The molecule has 0 radical (unpaired) electrons. The van der Waals surface area contributed by atoms with Crippen LogP contribution in [0.15, 0.2) is 23.2 Å². The van der Waals surface area contributed by atoms with Gasteiger partial charge < -0.3 is 15.2 Å². The van der Waals surface area contributed by atoms with Gasteiger partial charge in [0.1, 0.15) is 10.7 Å². The van der Waals surface area contributed by atoms with Gasteiger partial charge in [0, 0.05) is 26.4 Å². The first-order valence-electron chi connectivity index (χ1n) is 6.20. The molecule has 0 aromatic carbocycles. The quantitative estimate of drug-likeness (QED) is 0.664. The lowest BCUT2D eigenvalue weighted by atomic mass is 10.4. The van der Waals surface area contributed by atoms with Crippen LogP contribution in [0.1, 0.15) is 6.42 Å². The molecular weight excluding hydrogens is 298 g/mol. The molecule has 0 unspecified atom stereocenters. The maximum Gasteiger partial charge on any atom is 0.306 e. The summed E-state index contributed by atoms with van der Waals surface area (Å²) in [6.45, 7) is 0.275. The molecule has 0 fully saturated rings. The summed E-state index contributed by atoms with van der Waals surface area (Å²) in [5.74, 6) is -0.579. The van der Waals surface area contributed by atoms with E-state index in [-0.39, 0.29) is 36.8 Å². The minimum atomic E-state index is -3.85. The molecule has 0 amide bonds. The largest absolute Gasteiger partial charge is 0.469 e. The number of nitrogen functional groups attached to an aromatic ring is 1. The first kappa shape index (κ1) is 17.3. The van der Waals surface area contributed by atoms with Crippen LogP contribution < -0.4 is 5.73 Å². The number of carbonyl (C=O) groups is 1. The average molecular weight is 317 g/mol. The van der Waals surface area contributed by atoms with Gasteiger partial charge in [0.25, 0.3) is 0 Å². The molecule has 8 nitrogen and oxygen atoms in total. The number of pyridine rings is 1. The molecule has 0 saturated heterocycles. The normalized spacial score (nSPS) is 11.6. The highest BCUT2D eigenvalue weighted by Gasteiger charge is 2.27. The summed E-state index contributed by atoms with van der Waals surface area (Å²) in [7, 11) is -1.14. The van der Waals surface area contributed by atoms with Crippen LogP contribution in [0, 0.1) is 0 Å². The molecular formula is C12H19N3O5S. The van der Waals surface area contributed by atoms with Gasteiger partial charge in [-0.1, -0.05) is 0 Å². The predicted molar refractivity (Wildman–Crippen MR) is 75.9 cm³/mol. The van der Waals surface area contributed by atoms with Gasteiger partial charge in [-0.15, -0.1) is 0 Å². The molecule has 2 N–H and O–H groups in total. The van der Waals surface area contributed by atoms with E-state index in [9.17, 15) is 13.2 Å². The maximum atomic E-state index is 12.6. The van der Waals surface area contributed by atoms with Crippen molar-refractivity contribution in [2.75, 3.05) is 39.6 Å². The van der Waals surface area contributed by atoms with Crippen molar-refractivity contribution in [3.63, 3.8) is 0 Å². The third-order valence-electron chi connectivity index (χ3n) is 2.76. The molecule has 1 aromatic rings. The molecule has 0 aliphatic heterocycles. The average Bonchev–Trinajstić information content (AvgIpc) is 2.46. The van der Waals surface area contributed by atoms with E-state index in [1.807, 2.05) is 0 Å². The van der Waals surface area contributed by atoms with E-state index in [0.29, 0.717) is 0 Å². The minimum absolute atomic E-state index is 0.0211. The summed E-state index contributed by atoms with van der Waals surface area (Å²) >= 11 is 0. The highest BCUT2D eigenvalue weighted by atomic mass is 32.2. The fraction of sp³-hybridized carbons (Fsp3) is 0.500. The Morgan fingerprint density at radius 1 is 1.38 bits per heavy atom. The van der Waals surface area contributed by atoms with Crippen molar-refractivity contribution >= 4 is 21.8 Å². The van der Waals surface area contributed by atoms with E-state index in [0.717, 1.165) is 4.31 Å². The summed E-state index contributed by atoms with van der Waals surface area (Å²) < 4.78 is 35.7. The topological polar surface area (TPSA) is 112 Å². The van der Waals surface area contributed by atoms with Gasteiger partial charge in [-0.3, -0.25) is 4.79 Å². The van der Waals surface area contributed by atoms with Crippen LogP contribution >= 0.6 is 0 Å². The number of methoxy groups -OCH3 is 2. The summed E-state index contributed by atoms with van der Waals surface area (Å²) in [6.07, 6.45) is 1.35. The molecule has 0 atom stereocenters. The third-order valence-corrected chi connectivity index (χ3v) is 4.70. The Balaban J connectivity index is 3.00. The molecule has 1 heterocycles. The van der Waals surface area contributed by atoms with Crippen LogP contribution in [-0.2, 0) is 24.3 Å². The highest BCUT2D eigenvalue weighted by Crippen LogP contribution is 2.20. The molecule has 9 heteroatoms. The highest BCUT2D eigenvalue weighted by molar-refractivity contribution is 7.89. The number of aromatic nitrogens is 1. The molecule has 0 spiro atoms. The van der Waals surface area contributed by atoms with Crippen molar-refractivity contribution in [2.24, 2.45) is 0 Å². The van der Waals surface area contributed by atoms with Crippen molar-refractivity contribution in [1.82, 2.24) is 9.29 Å². The van der Waals surface area contributed by atoms with Crippen molar-refractivity contribution in [3.8, 4) is 0 Å². The second-order valence-electron chi connectivity index (χ2n) is 4.11. The molecule has 0 aliphatic rings. The lowest BCUT2D eigenvalue weighted by Crippen LogP contribution is -2.36. The van der Waals surface area contributed by atoms with E-state index in [4.69, 9.17) is 10.5 Å². The Kier molecular flexibility index (Phi) is 6.53. The first-order valence-corrected chi connectivity index (χ1v) is 7.64. The number of hydrogen-bond acceptors (Lipinski definition) is 7. The van der Waals surface area contributed by atoms with Gasteiger partial charge >= 0.3 is 5.97 Å². The van der Waals surface area contributed by atoms with Crippen molar-refractivity contribution < 1.29 is 22.7 Å². The van der Waals surface area contributed by atoms with E-state index in [1.165, 1.54) is 32.5 Å². The number of carbonyl (C=O) groups excluding carboxylic acids is 1. The van der Waals surface area contributed by atoms with E-state index < -0.39 is 16.0 Å². The zero-order valence-corrected chi connectivity index (χ0v) is 12.8. The van der Waals surface area contributed by atoms with Crippen LogP contribution in [0.2, 0.25) is 0 Å². The number of hydrogen-bond donors (Lipinski definition) is 1. The maximum absolute atomic E-state index is 12.6. The van der Waals surface area contributed by atoms with Gasteiger partial charge in [0.05, 0.1) is 20.1 Å². The zero-order valence-electron chi connectivity index (χ0n) is 12.0. The molecule has 1 rings (SSSR count). The number of esters is 1. The Hall–Kier alpha value is -1.71. The molecule has 1 aromatic heterocycles. The fourth-order valence-electron chi connectivity index (χ4n) is 1.62. The van der Waals surface area contributed by atoms with Crippen LogP contribution in [0.5, 0.6) is 0 Å². The molecule has 0 saturated carbocycles. The number of nitrogens with zero attached hydrogens (tertiary/aromatic N) is 2. The zero-order chi connectivity index (χ0) is 15.9. The molecule has 0 bridgehead atoms. The monoisotopic (exact) mass is 317 g/mol. The smallest absolute Gasteiger partial charge is 0.306 e.